The molecule has 1 aromatic carbocycles. The largest absolute Gasteiger partial charge is 0.488 e. The number of carboxylic acids is 1. The second-order valence-corrected chi connectivity index (χ2v) is 8.75. The third kappa shape index (κ3) is 5.06. The number of carbonyl (C=O) groups is 1. The van der Waals surface area contributed by atoms with Crippen molar-refractivity contribution in [2.45, 2.75) is 38.2 Å². The van der Waals surface area contributed by atoms with Crippen LogP contribution in [0, 0.1) is 5.92 Å². The van der Waals surface area contributed by atoms with Gasteiger partial charge >= 0.3 is 5.97 Å². The average Bonchev–Trinajstić information content (AvgIpc) is 2.86. The van der Waals surface area contributed by atoms with E-state index in [-0.39, 0.29) is 11.8 Å². The molecule has 8 heteroatoms. The van der Waals surface area contributed by atoms with Crippen LogP contribution in [0.25, 0.3) is 11.0 Å². The molecule has 3 heterocycles. The highest BCUT2D eigenvalue weighted by molar-refractivity contribution is 5.85. The Morgan fingerprint density at radius 2 is 1.88 bits per heavy atom. The number of rotatable bonds is 6. The van der Waals surface area contributed by atoms with Crippen molar-refractivity contribution in [2.24, 2.45) is 5.92 Å². The molecule has 0 unspecified atom stereocenters. The van der Waals surface area contributed by atoms with E-state index in [0.29, 0.717) is 5.92 Å². The monoisotopic (exact) mass is 448 g/mol. The zero-order valence-corrected chi connectivity index (χ0v) is 18.5. The van der Waals surface area contributed by atoms with Crippen molar-refractivity contribution in [1.82, 2.24) is 15.0 Å². The van der Waals surface area contributed by atoms with Crippen molar-refractivity contribution in [2.75, 3.05) is 31.2 Å². The number of benzene rings is 1. The summed E-state index contributed by atoms with van der Waals surface area (Å²) in [5.41, 5.74) is 3.69. The molecular weight excluding hydrogens is 420 g/mol. The number of aromatic nitrogens is 3. The molecule has 0 radical (unpaired) electrons. The maximum Gasteiger partial charge on any atom is 0.354 e. The maximum atomic E-state index is 11.2. The number of carboxylic acid groups (broad SMARTS) is 1. The highest BCUT2D eigenvalue weighted by Gasteiger charge is 2.25. The van der Waals surface area contributed by atoms with Gasteiger partial charge in [-0.2, -0.15) is 0 Å². The summed E-state index contributed by atoms with van der Waals surface area (Å²) in [5, 5.41) is 9.17. The number of hydrogen-bond donors (Lipinski definition) is 1. The van der Waals surface area contributed by atoms with Crippen molar-refractivity contribution < 1.29 is 19.4 Å². The molecule has 1 saturated heterocycles. The Bertz CT molecular complexity index is 1120. The molecule has 3 aromatic rings. The van der Waals surface area contributed by atoms with Gasteiger partial charge in [-0.05, 0) is 56.2 Å². The number of morpholine rings is 1. The number of ether oxygens (including phenoxy) is 2. The fourth-order valence-corrected chi connectivity index (χ4v) is 4.76. The van der Waals surface area contributed by atoms with Crippen LogP contribution < -0.4 is 9.64 Å². The molecular formula is C25H28N4O4. The minimum absolute atomic E-state index is 0.109. The average molecular weight is 449 g/mol. The van der Waals surface area contributed by atoms with Gasteiger partial charge < -0.3 is 19.5 Å². The van der Waals surface area contributed by atoms with Gasteiger partial charge in [0.05, 0.1) is 24.8 Å². The summed E-state index contributed by atoms with van der Waals surface area (Å²) in [6.07, 6.45) is 8.30. The van der Waals surface area contributed by atoms with E-state index in [1.54, 1.807) is 18.5 Å². The normalized spacial score (nSPS) is 21.2. The second kappa shape index (κ2) is 9.70. The molecule has 8 nitrogen and oxygen atoms in total. The van der Waals surface area contributed by atoms with E-state index in [4.69, 9.17) is 9.47 Å². The summed E-state index contributed by atoms with van der Waals surface area (Å²) in [6, 6.07) is 9.39. The lowest BCUT2D eigenvalue weighted by Crippen LogP contribution is -2.36. The van der Waals surface area contributed by atoms with Gasteiger partial charge in [0, 0.05) is 42.9 Å². The molecule has 5 rings (SSSR count). The summed E-state index contributed by atoms with van der Waals surface area (Å²) < 4.78 is 12.0. The lowest BCUT2D eigenvalue weighted by Gasteiger charge is -2.31. The lowest BCUT2D eigenvalue weighted by atomic mass is 9.84. The zero-order chi connectivity index (χ0) is 22.6. The Morgan fingerprint density at radius 1 is 1.09 bits per heavy atom. The van der Waals surface area contributed by atoms with E-state index >= 15 is 0 Å². The summed E-state index contributed by atoms with van der Waals surface area (Å²) >= 11 is 0. The Kier molecular flexibility index (Phi) is 6.35. The highest BCUT2D eigenvalue weighted by atomic mass is 16.5. The van der Waals surface area contributed by atoms with E-state index in [1.807, 2.05) is 6.07 Å². The van der Waals surface area contributed by atoms with Gasteiger partial charge in [-0.1, -0.05) is 6.07 Å². The number of anilines is 1. The van der Waals surface area contributed by atoms with Gasteiger partial charge in [0.25, 0.3) is 0 Å². The fourth-order valence-electron chi connectivity index (χ4n) is 4.76. The molecule has 2 fully saturated rings. The minimum atomic E-state index is -0.983. The quantitative estimate of drug-likeness (QED) is 0.609. The topological polar surface area (TPSA) is 97.7 Å². The first-order valence-electron chi connectivity index (χ1n) is 11.6. The van der Waals surface area contributed by atoms with Crippen LogP contribution in [0.4, 0.5) is 5.69 Å². The van der Waals surface area contributed by atoms with E-state index < -0.39 is 5.97 Å². The molecule has 2 aromatic heterocycles. The molecule has 2 aliphatic rings. The van der Waals surface area contributed by atoms with Crippen molar-refractivity contribution in [3.63, 3.8) is 0 Å². The smallest absolute Gasteiger partial charge is 0.354 e. The van der Waals surface area contributed by atoms with E-state index in [9.17, 15) is 9.90 Å². The van der Waals surface area contributed by atoms with Crippen LogP contribution in [0.1, 0.15) is 41.9 Å². The predicted molar refractivity (Wildman–Crippen MR) is 124 cm³/mol. The highest BCUT2D eigenvalue weighted by Crippen LogP contribution is 2.34. The van der Waals surface area contributed by atoms with Crippen LogP contribution in [-0.4, -0.2) is 58.4 Å². The Hall–Kier alpha value is -3.26. The van der Waals surface area contributed by atoms with Crippen LogP contribution in [0.5, 0.6) is 5.75 Å². The van der Waals surface area contributed by atoms with Crippen molar-refractivity contribution >= 4 is 22.7 Å². The van der Waals surface area contributed by atoms with Crippen molar-refractivity contribution in [3.05, 3.63) is 54.1 Å². The first-order chi connectivity index (χ1) is 16.2. The van der Waals surface area contributed by atoms with Gasteiger partial charge in [0.2, 0.25) is 0 Å². The molecule has 33 heavy (non-hydrogen) atoms. The number of hydrogen-bond acceptors (Lipinski definition) is 7. The third-order valence-corrected chi connectivity index (χ3v) is 6.51. The molecule has 0 spiro atoms. The van der Waals surface area contributed by atoms with Crippen molar-refractivity contribution in [3.8, 4) is 5.75 Å². The third-order valence-electron chi connectivity index (χ3n) is 6.51. The van der Waals surface area contributed by atoms with Gasteiger partial charge in [0.15, 0.2) is 0 Å². The molecule has 1 aliphatic heterocycles. The fraction of sp³-hybridized carbons (Fsp3) is 0.440. The Morgan fingerprint density at radius 3 is 2.67 bits per heavy atom. The Labute approximate surface area is 192 Å². The zero-order valence-electron chi connectivity index (χ0n) is 18.5. The van der Waals surface area contributed by atoms with Crippen LogP contribution in [0.15, 0.2) is 42.7 Å². The van der Waals surface area contributed by atoms with E-state index in [0.717, 1.165) is 86.6 Å². The summed E-state index contributed by atoms with van der Waals surface area (Å²) in [5.74, 6) is 0.294. The molecule has 1 aliphatic carbocycles. The SMILES string of the molecule is O=C(O)c1cccc(CC2CCC(Oc3cc(N4CCOCC4)cc4nccnc34)CC2)n1. The Balaban J connectivity index is 1.26. The standard InChI is InChI=1S/C25H28N4O4/c30-25(31)21-3-1-2-18(28-21)14-17-4-6-20(7-5-17)33-23-16-19(29-10-12-32-13-11-29)15-22-24(23)27-9-8-26-22/h1-3,8-9,15-17,20H,4-7,10-14H2,(H,30,31). The molecule has 0 atom stereocenters. The van der Waals surface area contributed by atoms with Gasteiger partial charge in [-0.3, -0.25) is 4.98 Å². The van der Waals surface area contributed by atoms with Crippen LogP contribution in [0.3, 0.4) is 0 Å². The first kappa shape index (κ1) is 21.6. The summed E-state index contributed by atoms with van der Waals surface area (Å²) in [4.78, 5) is 26.8. The number of pyridine rings is 1. The predicted octanol–water partition coefficient (Wildman–Crippen LogP) is 3.74. The van der Waals surface area contributed by atoms with E-state index in [2.05, 4.69) is 32.0 Å². The first-order valence-corrected chi connectivity index (χ1v) is 11.6. The van der Waals surface area contributed by atoms with Crippen LogP contribution >= 0.6 is 0 Å². The number of nitrogens with zero attached hydrogens (tertiary/aromatic N) is 4. The second-order valence-electron chi connectivity index (χ2n) is 8.75. The molecule has 172 valence electrons. The molecule has 1 saturated carbocycles. The lowest BCUT2D eigenvalue weighted by molar-refractivity contribution is 0.0690. The maximum absolute atomic E-state index is 11.2. The minimum Gasteiger partial charge on any atom is -0.488 e. The molecule has 0 amide bonds. The van der Waals surface area contributed by atoms with Gasteiger partial charge in [-0.25, -0.2) is 14.8 Å². The van der Waals surface area contributed by atoms with Gasteiger partial charge in [-0.15, -0.1) is 0 Å². The van der Waals surface area contributed by atoms with Gasteiger partial charge in [0.1, 0.15) is 17.0 Å². The summed E-state index contributed by atoms with van der Waals surface area (Å²) in [6.45, 7) is 3.16. The van der Waals surface area contributed by atoms with E-state index in [1.165, 1.54) is 6.07 Å². The van der Waals surface area contributed by atoms with Crippen LogP contribution in [-0.2, 0) is 11.2 Å². The van der Waals surface area contributed by atoms with Crippen LogP contribution in [0.2, 0.25) is 0 Å². The van der Waals surface area contributed by atoms with Crippen molar-refractivity contribution in [1.29, 1.82) is 0 Å². The summed E-state index contributed by atoms with van der Waals surface area (Å²) in [7, 11) is 0. The number of aromatic carboxylic acids is 1. The number of fused-ring (bicyclic) bond motifs is 1. The molecule has 0 bridgehead atoms. The molecule has 1 N–H and O–H groups in total.